The van der Waals surface area contributed by atoms with E-state index in [4.69, 9.17) is 32.5 Å². The van der Waals surface area contributed by atoms with Gasteiger partial charge in [0.05, 0.1) is 23.9 Å². The van der Waals surface area contributed by atoms with Crippen molar-refractivity contribution in [3.05, 3.63) is 40.0 Å². The van der Waals surface area contributed by atoms with Gasteiger partial charge in [-0.25, -0.2) is 0 Å². The highest BCUT2D eigenvalue weighted by molar-refractivity contribution is 6.35. The van der Waals surface area contributed by atoms with E-state index in [1.165, 1.54) is 0 Å². The van der Waals surface area contributed by atoms with Crippen LogP contribution in [0, 0.1) is 6.92 Å². The number of anilines is 1. The smallest absolute Gasteiger partial charge is 0.238 e. The Bertz CT molecular complexity index is 737. The Morgan fingerprint density at radius 3 is 3.04 bits per heavy atom. The van der Waals surface area contributed by atoms with Gasteiger partial charge in [-0.2, -0.15) is 4.98 Å². The minimum atomic E-state index is -0.307. The second-order valence-corrected chi connectivity index (χ2v) is 6.28. The Hall–Kier alpha value is -1.67. The summed E-state index contributed by atoms with van der Waals surface area (Å²) in [6.07, 6.45) is -0.307. The number of aryl methyl sites for hydroxylation is 1. The molecule has 1 aliphatic rings. The topological polar surface area (TPSA) is 80.5 Å². The summed E-state index contributed by atoms with van der Waals surface area (Å²) >= 11 is 12.0. The lowest BCUT2D eigenvalue weighted by molar-refractivity contribution is -0.119. The number of carbonyl (C=O) groups excluding carboxylic acids is 1. The molecule has 2 aromatic rings. The van der Waals surface area contributed by atoms with Crippen LogP contribution < -0.4 is 5.32 Å². The average molecular weight is 371 g/mol. The molecule has 24 heavy (non-hydrogen) atoms. The lowest BCUT2D eigenvalue weighted by Crippen LogP contribution is -2.42. The zero-order valence-electron chi connectivity index (χ0n) is 13.0. The largest absolute Gasteiger partial charge is 0.367 e. The minimum absolute atomic E-state index is 0.177. The predicted molar refractivity (Wildman–Crippen MR) is 89.3 cm³/mol. The van der Waals surface area contributed by atoms with Crippen molar-refractivity contribution in [2.45, 2.75) is 13.0 Å². The van der Waals surface area contributed by atoms with E-state index in [0.29, 0.717) is 47.1 Å². The molecular formula is C15H16Cl2N4O3. The quantitative estimate of drug-likeness (QED) is 0.890. The first-order chi connectivity index (χ1) is 11.5. The van der Waals surface area contributed by atoms with Crippen LogP contribution in [-0.4, -0.2) is 47.2 Å². The molecule has 1 N–H and O–H groups in total. The lowest BCUT2D eigenvalue weighted by atomic mass is 10.2. The number of amides is 1. The van der Waals surface area contributed by atoms with Crippen LogP contribution in [0.1, 0.15) is 17.8 Å². The Kier molecular flexibility index (Phi) is 5.35. The van der Waals surface area contributed by atoms with Crippen molar-refractivity contribution < 1.29 is 14.1 Å². The van der Waals surface area contributed by atoms with E-state index in [9.17, 15) is 4.79 Å². The van der Waals surface area contributed by atoms with Crippen LogP contribution in [0.4, 0.5) is 5.69 Å². The molecule has 1 saturated heterocycles. The SMILES string of the molecule is Cc1nc([C@@H]2CN(CC(=O)Nc3cc(Cl)ccc3Cl)CCO2)no1. The lowest BCUT2D eigenvalue weighted by Gasteiger charge is -2.30. The van der Waals surface area contributed by atoms with Gasteiger partial charge in [-0.15, -0.1) is 0 Å². The van der Waals surface area contributed by atoms with E-state index in [1.807, 2.05) is 4.90 Å². The van der Waals surface area contributed by atoms with Crippen LogP contribution >= 0.6 is 23.2 Å². The fourth-order valence-electron chi connectivity index (χ4n) is 2.43. The van der Waals surface area contributed by atoms with E-state index < -0.39 is 0 Å². The van der Waals surface area contributed by atoms with Gasteiger partial charge in [0, 0.05) is 25.0 Å². The summed E-state index contributed by atoms with van der Waals surface area (Å²) in [7, 11) is 0. The number of hydrogen-bond acceptors (Lipinski definition) is 6. The molecule has 0 aliphatic carbocycles. The second-order valence-electron chi connectivity index (χ2n) is 5.44. The van der Waals surface area contributed by atoms with Gasteiger partial charge in [0.1, 0.15) is 6.10 Å². The van der Waals surface area contributed by atoms with E-state index in [-0.39, 0.29) is 18.6 Å². The van der Waals surface area contributed by atoms with Crippen LogP contribution in [-0.2, 0) is 9.53 Å². The normalized spacial score (nSPS) is 18.5. The Labute approximate surface area is 148 Å². The third kappa shape index (κ3) is 4.24. The molecule has 0 radical (unpaired) electrons. The fourth-order valence-corrected chi connectivity index (χ4v) is 2.77. The molecule has 1 atom stereocenters. The van der Waals surface area contributed by atoms with E-state index in [0.717, 1.165) is 0 Å². The third-order valence-electron chi connectivity index (χ3n) is 3.55. The monoisotopic (exact) mass is 370 g/mol. The minimum Gasteiger partial charge on any atom is -0.367 e. The van der Waals surface area contributed by atoms with E-state index >= 15 is 0 Å². The van der Waals surface area contributed by atoms with Gasteiger partial charge in [0.2, 0.25) is 17.6 Å². The molecule has 128 valence electrons. The summed E-state index contributed by atoms with van der Waals surface area (Å²) in [6.45, 7) is 3.57. The maximum absolute atomic E-state index is 12.2. The number of hydrogen-bond donors (Lipinski definition) is 1. The van der Waals surface area contributed by atoms with Crippen molar-refractivity contribution in [3.63, 3.8) is 0 Å². The number of ether oxygens (including phenoxy) is 1. The van der Waals surface area contributed by atoms with Crippen LogP contribution in [0.15, 0.2) is 22.7 Å². The Morgan fingerprint density at radius 1 is 1.46 bits per heavy atom. The molecule has 0 spiro atoms. The molecule has 1 fully saturated rings. The third-order valence-corrected chi connectivity index (χ3v) is 4.12. The number of rotatable bonds is 4. The Balaban J connectivity index is 1.59. The molecule has 0 saturated carbocycles. The highest BCUT2D eigenvalue weighted by Gasteiger charge is 2.27. The molecule has 1 aliphatic heterocycles. The van der Waals surface area contributed by atoms with Gasteiger partial charge >= 0.3 is 0 Å². The summed E-state index contributed by atoms with van der Waals surface area (Å²) in [6, 6.07) is 4.92. The predicted octanol–water partition coefficient (Wildman–Crippen LogP) is 2.70. The van der Waals surface area contributed by atoms with Crippen molar-refractivity contribution in [1.29, 1.82) is 0 Å². The number of halogens is 2. The molecule has 9 heteroatoms. The van der Waals surface area contributed by atoms with Gasteiger partial charge < -0.3 is 14.6 Å². The maximum atomic E-state index is 12.2. The molecule has 1 aromatic heterocycles. The molecule has 3 rings (SSSR count). The van der Waals surface area contributed by atoms with Crippen LogP contribution in [0.2, 0.25) is 10.0 Å². The van der Waals surface area contributed by atoms with E-state index in [2.05, 4.69) is 15.5 Å². The van der Waals surface area contributed by atoms with Gasteiger partial charge in [0.25, 0.3) is 0 Å². The summed E-state index contributed by atoms with van der Waals surface area (Å²) in [5, 5.41) is 7.59. The Morgan fingerprint density at radius 2 is 2.29 bits per heavy atom. The van der Waals surface area contributed by atoms with Crippen LogP contribution in [0.25, 0.3) is 0 Å². The van der Waals surface area contributed by atoms with Gasteiger partial charge in [-0.3, -0.25) is 9.69 Å². The first kappa shape index (κ1) is 17.2. The highest BCUT2D eigenvalue weighted by atomic mass is 35.5. The number of benzene rings is 1. The van der Waals surface area contributed by atoms with Crippen molar-refractivity contribution in [3.8, 4) is 0 Å². The molecule has 2 heterocycles. The maximum Gasteiger partial charge on any atom is 0.238 e. The van der Waals surface area contributed by atoms with Crippen molar-refractivity contribution >= 4 is 34.8 Å². The highest BCUT2D eigenvalue weighted by Crippen LogP contribution is 2.25. The van der Waals surface area contributed by atoms with Gasteiger partial charge in [-0.05, 0) is 18.2 Å². The summed E-state index contributed by atoms with van der Waals surface area (Å²) in [5.74, 6) is 0.804. The first-order valence-corrected chi connectivity index (χ1v) is 8.16. The van der Waals surface area contributed by atoms with Gasteiger partial charge in [0.15, 0.2) is 0 Å². The summed E-state index contributed by atoms with van der Waals surface area (Å²) in [4.78, 5) is 18.4. The van der Waals surface area contributed by atoms with Crippen molar-refractivity contribution in [2.24, 2.45) is 0 Å². The van der Waals surface area contributed by atoms with Crippen LogP contribution in [0.3, 0.4) is 0 Å². The molecule has 1 amide bonds. The first-order valence-electron chi connectivity index (χ1n) is 7.40. The second kappa shape index (κ2) is 7.48. The molecule has 7 nitrogen and oxygen atoms in total. The number of aromatic nitrogens is 2. The number of morpholine rings is 1. The van der Waals surface area contributed by atoms with E-state index in [1.54, 1.807) is 25.1 Å². The van der Waals surface area contributed by atoms with Crippen LogP contribution in [0.5, 0.6) is 0 Å². The van der Waals surface area contributed by atoms with Crippen molar-refractivity contribution in [2.75, 3.05) is 31.6 Å². The summed E-state index contributed by atoms with van der Waals surface area (Å²) in [5.41, 5.74) is 0.493. The number of nitrogens with zero attached hydrogens (tertiary/aromatic N) is 3. The molecular weight excluding hydrogens is 355 g/mol. The zero-order valence-corrected chi connectivity index (χ0v) is 14.5. The molecule has 0 bridgehead atoms. The number of nitrogens with one attached hydrogen (secondary N) is 1. The average Bonchev–Trinajstić information content (AvgIpc) is 2.98. The van der Waals surface area contributed by atoms with Crippen molar-refractivity contribution in [1.82, 2.24) is 15.0 Å². The summed E-state index contributed by atoms with van der Waals surface area (Å²) < 4.78 is 10.6. The molecule has 0 unspecified atom stereocenters. The fraction of sp³-hybridized carbons (Fsp3) is 0.400. The standard InChI is InChI=1S/C15H16Cl2N4O3/c1-9-18-15(20-24-9)13-7-21(4-5-23-13)8-14(22)19-12-6-10(16)2-3-11(12)17/h2-3,6,13H,4-5,7-8H2,1H3,(H,19,22)/t13-/m0/s1. The molecule has 1 aromatic carbocycles. The number of carbonyl (C=O) groups is 1. The van der Waals surface area contributed by atoms with Gasteiger partial charge in [-0.1, -0.05) is 28.4 Å². The zero-order chi connectivity index (χ0) is 17.1.